The monoisotopic (exact) mass is 236 g/mol. The highest BCUT2D eigenvalue weighted by atomic mass is 19.4. The lowest BCUT2D eigenvalue weighted by molar-refractivity contribution is -0.166. The van der Waals surface area contributed by atoms with E-state index in [1.165, 1.54) is 24.3 Å². The summed E-state index contributed by atoms with van der Waals surface area (Å²) in [4.78, 5) is 10.5. The van der Waals surface area contributed by atoms with Crippen molar-refractivity contribution in [3.05, 3.63) is 29.8 Å². The number of para-hydroxylation sites is 1. The molecule has 0 spiro atoms. The first kappa shape index (κ1) is 12.5. The molecule has 0 radical (unpaired) electrons. The number of carbonyl (C=O) groups is 1. The van der Waals surface area contributed by atoms with E-state index in [0.29, 0.717) is 6.29 Å². The fourth-order valence-corrected chi connectivity index (χ4v) is 1.05. The van der Waals surface area contributed by atoms with E-state index in [2.05, 4.69) is 4.74 Å². The van der Waals surface area contributed by atoms with Gasteiger partial charge < -0.3 is 4.74 Å². The molecule has 0 saturated heterocycles. The van der Waals surface area contributed by atoms with Crippen molar-refractivity contribution in [2.45, 2.75) is 19.0 Å². The first-order valence-corrected chi connectivity index (χ1v) is 4.34. The zero-order valence-corrected chi connectivity index (χ0v) is 8.00. The van der Waals surface area contributed by atoms with Gasteiger partial charge in [0.2, 0.25) is 6.36 Å². The summed E-state index contributed by atoms with van der Waals surface area (Å²) >= 11 is 0. The molecule has 1 rings (SSSR count). The maximum atomic E-state index is 12.8. The van der Waals surface area contributed by atoms with Crippen LogP contribution in [0.4, 0.5) is 17.6 Å². The van der Waals surface area contributed by atoms with Crippen molar-refractivity contribution in [1.29, 1.82) is 0 Å². The van der Waals surface area contributed by atoms with Crippen LogP contribution < -0.4 is 4.74 Å². The highest BCUT2D eigenvalue weighted by molar-refractivity contribution is 5.79. The third kappa shape index (κ3) is 3.88. The van der Waals surface area contributed by atoms with Gasteiger partial charge in [-0.1, -0.05) is 12.1 Å². The predicted octanol–water partition coefficient (Wildman–Crippen LogP) is 3.13. The predicted molar refractivity (Wildman–Crippen MR) is 48.0 cm³/mol. The molecule has 0 saturated carbocycles. The summed E-state index contributed by atoms with van der Waals surface area (Å²) in [5.41, 5.74) is 0.00678. The van der Waals surface area contributed by atoms with E-state index in [-0.39, 0.29) is 11.3 Å². The molecule has 0 aliphatic carbocycles. The van der Waals surface area contributed by atoms with Gasteiger partial charge in [-0.25, -0.2) is 4.39 Å². The number of halogens is 4. The minimum Gasteiger partial charge on any atom is -0.459 e. The molecule has 0 aliphatic heterocycles. The van der Waals surface area contributed by atoms with Gasteiger partial charge in [0.25, 0.3) is 0 Å². The lowest BCUT2D eigenvalue weighted by atomic mass is 10.2. The Morgan fingerprint density at radius 1 is 1.31 bits per heavy atom. The summed E-state index contributed by atoms with van der Waals surface area (Å²) in [6.07, 6.45) is -8.48. The number of carbonyl (C=O) groups excluding carboxylic acids is 1. The fourth-order valence-electron chi connectivity index (χ4n) is 1.05. The molecule has 1 aromatic rings. The SMILES string of the molecule is O=Cc1ccccc1OC(F)CC(F)(F)F. The van der Waals surface area contributed by atoms with Crippen molar-refractivity contribution in [3.63, 3.8) is 0 Å². The molecule has 1 unspecified atom stereocenters. The third-order valence-corrected chi connectivity index (χ3v) is 1.69. The number of benzene rings is 1. The molecule has 88 valence electrons. The van der Waals surface area contributed by atoms with Crippen LogP contribution in [-0.4, -0.2) is 18.8 Å². The Morgan fingerprint density at radius 2 is 1.94 bits per heavy atom. The average Bonchev–Trinajstić information content (AvgIpc) is 2.15. The maximum Gasteiger partial charge on any atom is 0.395 e. The van der Waals surface area contributed by atoms with E-state index in [1.807, 2.05) is 0 Å². The minimum absolute atomic E-state index is 0.00678. The summed E-state index contributed by atoms with van der Waals surface area (Å²) in [6, 6.07) is 5.48. The van der Waals surface area contributed by atoms with Crippen molar-refractivity contribution in [2.75, 3.05) is 0 Å². The van der Waals surface area contributed by atoms with Crippen LogP contribution in [0.3, 0.4) is 0 Å². The van der Waals surface area contributed by atoms with Gasteiger partial charge in [0.15, 0.2) is 6.29 Å². The molecule has 0 N–H and O–H groups in total. The Hall–Kier alpha value is -1.59. The maximum absolute atomic E-state index is 12.8. The molecule has 0 bridgehead atoms. The normalized spacial score (nSPS) is 13.2. The second-order valence-corrected chi connectivity index (χ2v) is 3.00. The Morgan fingerprint density at radius 3 is 2.50 bits per heavy atom. The first-order valence-electron chi connectivity index (χ1n) is 4.34. The molecule has 1 aromatic carbocycles. The van der Waals surface area contributed by atoms with Crippen LogP contribution in [0, 0.1) is 0 Å². The molecule has 0 aromatic heterocycles. The zero-order chi connectivity index (χ0) is 12.2. The van der Waals surface area contributed by atoms with Crippen molar-refractivity contribution in [1.82, 2.24) is 0 Å². The van der Waals surface area contributed by atoms with Gasteiger partial charge in [0, 0.05) is 0 Å². The quantitative estimate of drug-likeness (QED) is 0.593. The molecular formula is C10H8F4O2. The topological polar surface area (TPSA) is 26.3 Å². The van der Waals surface area contributed by atoms with E-state index in [9.17, 15) is 22.4 Å². The number of alkyl halides is 4. The molecule has 0 aliphatic rings. The second kappa shape index (κ2) is 4.96. The molecule has 0 amide bonds. The summed E-state index contributed by atoms with van der Waals surface area (Å²) < 4.78 is 52.6. The van der Waals surface area contributed by atoms with Crippen LogP contribution >= 0.6 is 0 Å². The Balaban J connectivity index is 2.69. The van der Waals surface area contributed by atoms with Crippen LogP contribution in [0.2, 0.25) is 0 Å². The van der Waals surface area contributed by atoms with Crippen molar-refractivity contribution in [3.8, 4) is 5.75 Å². The summed E-state index contributed by atoms with van der Waals surface area (Å²) in [5, 5.41) is 0. The van der Waals surface area contributed by atoms with Gasteiger partial charge in [0.05, 0.1) is 5.56 Å². The summed E-state index contributed by atoms with van der Waals surface area (Å²) in [6.45, 7) is 0. The first-order chi connectivity index (χ1) is 7.42. The van der Waals surface area contributed by atoms with Crippen LogP contribution in [0.15, 0.2) is 24.3 Å². The van der Waals surface area contributed by atoms with Crippen LogP contribution in [0.5, 0.6) is 5.75 Å². The smallest absolute Gasteiger partial charge is 0.395 e. The molecule has 2 nitrogen and oxygen atoms in total. The van der Waals surface area contributed by atoms with Gasteiger partial charge in [-0.2, -0.15) is 13.2 Å². The Bertz CT molecular complexity index is 362. The summed E-state index contributed by atoms with van der Waals surface area (Å²) in [7, 11) is 0. The molecular weight excluding hydrogens is 228 g/mol. The van der Waals surface area contributed by atoms with Crippen LogP contribution in [-0.2, 0) is 0 Å². The second-order valence-electron chi connectivity index (χ2n) is 3.00. The van der Waals surface area contributed by atoms with Gasteiger partial charge in [0.1, 0.15) is 12.2 Å². The van der Waals surface area contributed by atoms with Crippen molar-refractivity contribution >= 4 is 6.29 Å². The lowest BCUT2D eigenvalue weighted by Crippen LogP contribution is -2.21. The molecule has 6 heteroatoms. The van der Waals surface area contributed by atoms with Gasteiger partial charge in [-0.05, 0) is 12.1 Å². The Kier molecular flexibility index (Phi) is 3.87. The van der Waals surface area contributed by atoms with E-state index < -0.39 is 19.0 Å². The highest BCUT2D eigenvalue weighted by Gasteiger charge is 2.33. The largest absolute Gasteiger partial charge is 0.459 e. The van der Waals surface area contributed by atoms with Gasteiger partial charge in [-0.15, -0.1) is 0 Å². The van der Waals surface area contributed by atoms with E-state index in [1.54, 1.807) is 0 Å². The number of aldehydes is 1. The zero-order valence-electron chi connectivity index (χ0n) is 8.00. The summed E-state index contributed by atoms with van der Waals surface area (Å²) in [5.74, 6) is -0.200. The number of rotatable bonds is 4. The average molecular weight is 236 g/mol. The Labute approximate surface area is 88.8 Å². The van der Waals surface area contributed by atoms with E-state index in [0.717, 1.165) is 0 Å². The van der Waals surface area contributed by atoms with Crippen molar-refractivity contribution in [2.24, 2.45) is 0 Å². The number of hydrogen-bond donors (Lipinski definition) is 0. The van der Waals surface area contributed by atoms with Crippen LogP contribution in [0.1, 0.15) is 16.8 Å². The molecule has 16 heavy (non-hydrogen) atoms. The minimum atomic E-state index is -4.64. The molecule has 1 atom stereocenters. The van der Waals surface area contributed by atoms with Crippen molar-refractivity contribution < 1.29 is 27.1 Å². The highest BCUT2D eigenvalue weighted by Crippen LogP contribution is 2.26. The van der Waals surface area contributed by atoms with Gasteiger partial charge >= 0.3 is 6.18 Å². The molecule has 0 fully saturated rings. The molecule has 0 heterocycles. The lowest BCUT2D eigenvalue weighted by Gasteiger charge is -2.14. The fraction of sp³-hybridized carbons (Fsp3) is 0.300. The van der Waals surface area contributed by atoms with Gasteiger partial charge in [-0.3, -0.25) is 4.79 Å². The standard InChI is InChI=1S/C10H8F4O2/c11-9(5-10(12,13)14)16-8-4-2-1-3-7(8)6-15/h1-4,6,9H,5H2. The third-order valence-electron chi connectivity index (χ3n) is 1.69. The number of hydrogen-bond acceptors (Lipinski definition) is 2. The van der Waals surface area contributed by atoms with Crippen LogP contribution in [0.25, 0.3) is 0 Å². The van der Waals surface area contributed by atoms with E-state index in [4.69, 9.17) is 0 Å². The van der Waals surface area contributed by atoms with E-state index >= 15 is 0 Å². The number of ether oxygens (including phenoxy) is 1.